The summed E-state index contributed by atoms with van der Waals surface area (Å²) >= 11 is 0. The van der Waals surface area contributed by atoms with Crippen LogP contribution in [0.4, 0.5) is 0 Å². The summed E-state index contributed by atoms with van der Waals surface area (Å²) in [7, 11) is 3.69. The Bertz CT molecular complexity index is 620. The zero-order valence-corrected chi connectivity index (χ0v) is 19.6. The number of hydrogen-bond acceptors (Lipinski definition) is 7. The van der Waals surface area contributed by atoms with E-state index in [1.165, 1.54) is 38.5 Å². The average Bonchev–Trinajstić information content (AvgIpc) is 3.13. The summed E-state index contributed by atoms with van der Waals surface area (Å²) in [5, 5.41) is 4.14. The van der Waals surface area contributed by atoms with Crippen LogP contribution in [0.25, 0.3) is 0 Å². The van der Waals surface area contributed by atoms with Gasteiger partial charge in [0.15, 0.2) is 5.82 Å². The normalized spacial score (nSPS) is 16.7. The molecule has 0 saturated heterocycles. The lowest BCUT2D eigenvalue weighted by molar-refractivity contribution is -0.155. The van der Waals surface area contributed by atoms with Crippen LogP contribution in [0.15, 0.2) is 4.52 Å². The van der Waals surface area contributed by atoms with Gasteiger partial charge in [0, 0.05) is 19.6 Å². The number of carbonyl (C=O) groups is 1. The van der Waals surface area contributed by atoms with E-state index in [0.717, 1.165) is 25.3 Å². The zero-order chi connectivity index (χ0) is 22.0. The topological polar surface area (TPSA) is 77.7 Å². The molecule has 0 spiro atoms. The molecule has 172 valence electrons. The van der Waals surface area contributed by atoms with E-state index in [1.807, 2.05) is 27.8 Å². The third-order valence-electron chi connectivity index (χ3n) is 5.64. The molecule has 0 bridgehead atoms. The molecule has 1 heterocycles. The van der Waals surface area contributed by atoms with E-state index in [0.29, 0.717) is 24.9 Å². The van der Waals surface area contributed by atoms with Crippen molar-refractivity contribution < 1.29 is 18.8 Å². The van der Waals surface area contributed by atoms with Gasteiger partial charge in [-0.1, -0.05) is 50.1 Å². The highest BCUT2D eigenvalue weighted by atomic mass is 16.6. The lowest BCUT2D eigenvalue weighted by Crippen LogP contribution is -2.25. The van der Waals surface area contributed by atoms with Gasteiger partial charge in [0.05, 0.1) is 19.6 Å². The predicted octanol–water partition coefficient (Wildman–Crippen LogP) is 4.71. The van der Waals surface area contributed by atoms with Gasteiger partial charge in [0.25, 0.3) is 0 Å². The van der Waals surface area contributed by atoms with E-state index >= 15 is 0 Å². The van der Waals surface area contributed by atoms with Gasteiger partial charge in [-0.2, -0.15) is 4.98 Å². The molecule has 0 N–H and O–H groups in total. The minimum Gasteiger partial charge on any atom is -0.460 e. The van der Waals surface area contributed by atoms with Gasteiger partial charge in [-0.05, 0) is 40.2 Å². The monoisotopic (exact) mass is 423 g/mol. The minimum atomic E-state index is -0.492. The number of nitrogens with zero attached hydrogens (tertiary/aromatic N) is 3. The van der Waals surface area contributed by atoms with Crippen LogP contribution in [0.3, 0.4) is 0 Å². The van der Waals surface area contributed by atoms with Crippen LogP contribution in [-0.4, -0.2) is 53.9 Å². The molecule has 1 saturated carbocycles. The summed E-state index contributed by atoms with van der Waals surface area (Å²) in [5.41, 5.74) is -0.492. The van der Waals surface area contributed by atoms with Crippen molar-refractivity contribution in [1.29, 1.82) is 0 Å². The number of carbonyl (C=O) groups excluding carboxylic acids is 1. The van der Waals surface area contributed by atoms with Crippen LogP contribution in [0.1, 0.15) is 96.2 Å². The van der Waals surface area contributed by atoms with Crippen LogP contribution in [-0.2, 0) is 20.8 Å². The van der Waals surface area contributed by atoms with Gasteiger partial charge in [-0.3, -0.25) is 9.69 Å². The van der Waals surface area contributed by atoms with Crippen molar-refractivity contribution in [3.8, 4) is 0 Å². The van der Waals surface area contributed by atoms with Gasteiger partial charge >= 0.3 is 5.97 Å². The molecule has 0 radical (unpaired) electrons. The largest absolute Gasteiger partial charge is 0.460 e. The molecule has 1 fully saturated rings. The maximum atomic E-state index is 12.5. The van der Waals surface area contributed by atoms with Crippen molar-refractivity contribution in [2.75, 3.05) is 27.3 Å². The highest BCUT2D eigenvalue weighted by Crippen LogP contribution is 2.31. The van der Waals surface area contributed by atoms with E-state index in [4.69, 9.17) is 14.0 Å². The first kappa shape index (κ1) is 24.8. The minimum absolute atomic E-state index is 0.0889. The predicted molar refractivity (Wildman–Crippen MR) is 116 cm³/mol. The van der Waals surface area contributed by atoms with E-state index in [-0.39, 0.29) is 18.3 Å². The van der Waals surface area contributed by atoms with Crippen LogP contribution in [0, 0.1) is 5.92 Å². The lowest BCUT2D eigenvalue weighted by Gasteiger charge is -2.23. The number of likely N-dealkylation sites (N-methyl/N-ethyl adjacent to an activating group) is 1. The van der Waals surface area contributed by atoms with Crippen molar-refractivity contribution in [3.63, 3.8) is 0 Å². The van der Waals surface area contributed by atoms with Gasteiger partial charge in [-0.25, -0.2) is 0 Å². The van der Waals surface area contributed by atoms with Crippen molar-refractivity contribution in [1.82, 2.24) is 15.0 Å². The number of hydrogen-bond donors (Lipinski definition) is 0. The molecule has 0 unspecified atom stereocenters. The van der Waals surface area contributed by atoms with Crippen molar-refractivity contribution in [2.45, 2.75) is 96.6 Å². The van der Waals surface area contributed by atoms with Crippen LogP contribution in [0.2, 0.25) is 0 Å². The second-order valence-electron chi connectivity index (χ2n) is 9.70. The Morgan fingerprint density at radius 1 is 1.27 bits per heavy atom. The maximum absolute atomic E-state index is 12.5. The molecule has 0 aliphatic heterocycles. The fourth-order valence-corrected chi connectivity index (χ4v) is 4.09. The fraction of sp³-hybridized carbons (Fsp3) is 0.870. The molecule has 1 aromatic rings. The Morgan fingerprint density at radius 2 is 2.00 bits per heavy atom. The van der Waals surface area contributed by atoms with Crippen molar-refractivity contribution in [2.24, 2.45) is 5.92 Å². The molecule has 1 aliphatic rings. The van der Waals surface area contributed by atoms with Gasteiger partial charge in [0.2, 0.25) is 5.89 Å². The summed E-state index contributed by atoms with van der Waals surface area (Å²) in [6, 6.07) is 0. The molecule has 7 heteroatoms. The maximum Gasteiger partial charge on any atom is 0.307 e. The SMILES string of the molecule is COCCN(C)Cc1noc([C@H](CCCC2CCCCC2)CC(=O)OC(C)(C)C)n1. The number of rotatable bonds is 12. The van der Waals surface area contributed by atoms with Crippen LogP contribution in [0.5, 0.6) is 0 Å². The second kappa shape index (κ2) is 12.4. The van der Waals surface area contributed by atoms with Crippen LogP contribution >= 0.6 is 0 Å². The summed E-state index contributed by atoms with van der Waals surface area (Å²) in [5.74, 6) is 1.73. The molecule has 1 atom stereocenters. The first-order valence-electron chi connectivity index (χ1n) is 11.5. The molecule has 0 aromatic carbocycles. The van der Waals surface area contributed by atoms with E-state index < -0.39 is 5.60 Å². The van der Waals surface area contributed by atoms with Gasteiger partial charge in [-0.15, -0.1) is 0 Å². The summed E-state index contributed by atoms with van der Waals surface area (Å²) < 4.78 is 16.2. The van der Waals surface area contributed by atoms with E-state index in [9.17, 15) is 4.79 Å². The molecule has 1 aromatic heterocycles. The third kappa shape index (κ3) is 9.56. The Labute approximate surface area is 181 Å². The average molecular weight is 424 g/mol. The van der Waals surface area contributed by atoms with Gasteiger partial charge < -0.3 is 14.0 Å². The Hall–Kier alpha value is -1.47. The zero-order valence-electron chi connectivity index (χ0n) is 19.6. The van der Waals surface area contributed by atoms with E-state index in [2.05, 4.69) is 15.0 Å². The number of methoxy groups -OCH3 is 1. The number of aromatic nitrogens is 2. The Morgan fingerprint density at radius 3 is 2.67 bits per heavy atom. The lowest BCUT2D eigenvalue weighted by atomic mass is 9.84. The molecule has 7 nitrogen and oxygen atoms in total. The van der Waals surface area contributed by atoms with Gasteiger partial charge in [0.1, 0.15) is 5.60 Å². The Kier molecular flexibility index (Phi) is 10.2. The molecular formula is C23H41N3O4. The number of esters is 1. The Balaban J connectivity index is 1.96. The molecule has 2 rings (SSSR count). The molecule has 0 amide bonds. The second-order valence-corrected chi connectivity index (χ2v) is 9.70. The molecule has 1 aliphatic carbocycles. The first-order chi connectivity index (χ1) is 14.3. The smallest absolute Gasteiger partial charge is 0.307 e. The summed E-state index contributed by atoms with van der Waals surface area (Å²) in [6.07, 6.45) is 10.2. The molecule has 30 heavy (non-hydrogen) atoms. The summed E-state index contributed by atoms with van der Waals surface area (Å²) in [4.78, 5) is 19.2. The quantitative estimate of drug-likeness (QED) is 0.450. The highest BCUT2D eigenvalue weighted by Gasteiger charge is 2.26. The highest BCUT2D eigenvalue weighted by molar-refractivity contribution is 5.70. The number of ether oxygens (including phenoxy) is 2. The standard InChI is InChI=1S/C23H41N3O4/c1-23(2,3)29-21(27)16-19(13-9-12-18-10-7-6-8-11-18)22-24-20(25-30-22)17-26(4)14-15-28-5/h18-19H,6-17H2,1-5H3/t19-/m1/s1. The summed E-state index contributed by atoms with van der Waals surface area (Å²) in [6.45, 7) is 7.72. The van der Waals surface area contributed by atoms with Crippen LogP contribution < -0.4 is 0 Å². The molecular weight excluding hydrogens is 382 g/mol. The van der Waals surface area contributed by atoms with E-state index in [1.54, 1.807) is 7.11 Å². The first-order valence-corrected chi connectivity index (χ1v) is 11.5. The van der Waals surface area contributed by atoms with Crippen molar-refractivity contribution >= 4 is 5.97 Å². The van der Waals surface area contributed by atoms with Crippen molar-refractivity contribution in [3.05, 3.63) is 11.7 Å². The fourth-order valence-electron chi connectivity index (χ4n) is 4.09. The third-order valence-corrected chi connectivity index (χ3v) is 5.64.